The van der Waals surface area contributed by atoms with Crippen molar-refractivity contribution in [2.45, 2.75) is 121 Å². The molecule has 2 aliphatic heterocycles. The van der Waals surface area contributed by atoms with Gasteiger partial charge >= 0.3 is 5.97 Å². The van der Waals surface area contributed by atoms with E-state index in [1.165, 1.54) is 0 Å². The number of ketones is 1. The van der Waals surface area contributed by atoms with E-state index in [2.05, 4.69) is 43.4 Å². The Bertz CT molecular complexity index is 1020. The smallest absolute Gasteiger partial charge is 0.305 e. The third-order valence-electron chi connectivity index (χ3n) is 9.67. The molecule has 1 saturated carbocycles. The standard InChI is InChI=1S/C33H48O7/c1-4-5-6-7-8-9-10-11-12-13-14-15-16-17-18-19-27(35)38-22-32-26(20-24(2)28(36)29(32)37)40-30-25(34)21-31(32,3)33(30)23-39-33/h5-6,8-9,11-12,20,25-26,29-30,34,37H,4,7,10,13-19,21-23H2,1-3H3/b6-5-,9-8-,12-11+/t25-,26-,29-,30-,31-,32-,33?/m1/s1. The first-order chi connectivity index (χ1) is 19.2. The minimum Gasteiger partial charge on any atom is -0.465 e. The van der Waals surface area contributed by atoms with Crippen LogP contribution in [0.5, 0.6) is 0 Å². The molecule has 7 nitrogen and oxygen atoms in total. The number of aliphatic hydroxyl groups excluding tert-OH is 2. The molecule has 7 atom stereocenters. The molecule has 2 aliphatic carbocycles. The SMILES string of the molecule is CC/C=C\C/C=C\C/C=C/CCCCCCCC(=O)OC[C@]12[C@H](O)C(=O)C(C)=C[C@H]1O[C@@H]1[C@H](O)C[C@@]2(C)C12CO2. The number of hydrogen-bond acceptors (Lipinski definition) is 7. The Balaban J connectivity index is 1.19. The van der Waals surface area contributed by atoms with Crippen LogP contribution in [-0.2, 0) is 23.8 Å². The lowest BCUT2D eigenvalue weighted by atomic mass is 9.50. The van der Waals surface area contributed by atoms with E-state index >= 15 is 0 Å². The van der Waals surface area contributed by atoms with Crippen LogP contribution >= 0.6 is 0 Å². The van der Waals surface area contributed by atoms with Gasteiger partial charge in [-0.1, -0.05) is 69.6 Å². The summed E-state index contributed by atoms with van der Waals surface area (Å²) in [6.07, 6.45) is 21.4. The van der Waals surface area contributed by atoms with E-state index in [4.69, 9.17) is 14.2 Å². The van der Waals surface area contributed by atoms with Gasteiger partial charge < -0.3 is 24.4 Å². The molecular weight excluding hydrogens is 508 g/mol. The summed E-state index contributed by atoms with van der Waals surface area (Å²) in [5.74, 6) is -0.728. The van der Waals surface area contributed by atoms with Gasteiger partial charge in [0.05, 0.1) is 24.2 Å². The molecule has 2 heterocycles. The maximum atomic E-state index is 13.0. The second-order valence-corrected chi connectivity index (χ2v) is 12.2. The van der Waals surface area contributed by atoms with E-state index in [9.17, 15) is 19.8 Å². The zero-order chi connectivity index (χ0) is 28.8. The van der Waals surface area contributed by atoms with Gasteiger partial charge in [0.1, 0.15) is 24.4 Å². The molecule has 222 valence electrons. The predicted molar refractivity (Wildman–Crippen MR) is 154 cm³/mol. The molecule has 7 heteroatoms. The van der Waals surface area contributed by atoms with Crippen molar-refractivity contribution in [3.05, 3.63) is 48.1 Å². The number of carbonyl (C=O) groups excluding carboxylic acids is 2. The molecule has 0 aromatic carbocycles. The third kappa shape index (κ3) is 5.80. The molecular formula is C33H48O7. The van der Waals surface area contributed by atoms with Gasteiger partial charge in [0.25, 0.3) is 0 Å². The molecule has 3 fully saturated rings. The quantitative estimate of drug-likeness (QED) is 0.122. The third-order valence-corrected chi connectivity index (χ3v) is 9.67. The van der Waals surface area contributed by atoms with E-state index in [-0.39, 0.29) is 18.4 Å². The number of unbranched alkanes of at least 4 members (excludes halogenated alkanes) is 5. The average Bonchev–Trinajstić information content (AvgIpc) is 3.71. The number of hydrogen-bond donors (Lipinski definition) is 2. The van der Waals surface area contributed by atoms with Crippen molar-refractivity contribution in [2.75, 3.05) is 13.2 Å². The van der Waals surface area contributed by atoms with Crippen molar-refractivity contribution in [3.63, 3.8) is 0 Å². The van der Waals surface area contributed by atoms with Crippen LogP contribution in [0.2, 0.25) is 0 Å². The summed E-state index contributed by atoms with van der Waals surface area (Å²) in [5, 5.41) is 22.1. The van der Waals surface area contributed by atoms with E-state index < -0.39 is 40.8 Å². The second kappa shape index (κ2) is 13.3. The number of fused-ring (bicyclic) bond motifs is 2. The van der Waals surface area contributed by atoms with Crippen molar-refractivity contribution in [2.24, 2.45) is 10.8 Å². The number of carbonyl (C=O) groups is 2. The molecule has 4 rings (SSSR count). The lowest BCUT2D eigenvalue weighted by Gasteiger charge is -2.58. The van der Waals surface area contributed by atoms with Crippen LogP contribution in [0.25, 0.3) is 0 Å². The highest BCUT2D eigenvalue weighted by molar-refractivity contribution is 6.00. The van der Waals surface area contributed by atoms with Crippen LogP contribution in [0.3, 0.4) is 0 Å². The highest BCUT2D eigenvalue weighted by Crippen LogP contribution is 2.71. The maximum absolute atomic E-state index is 13.0. The summed E-state index contributed by atoms with van der Waals surface area (Å²) in [7, 11) is 0. The minimum atomic E-state index is -1.40. The van der Waals surface area contributed by atoms with Gasteiger partial charge in [-0.3, -0.25) is 9.59 Å². The highest BCUT2D eigenvalue weighted by Gasteiger charge is 2.83. The number of rotatable bonds is 15. The zero-order valence-corrected chi connectivity index (χ0v) is 24.5. The maximum Gasteiger partial charge on any atom is 0.305 e. The van der Waals surface area contributed by atoms with Gasteiger partial charge in [-0.15, -0.1) is 0 Å². The fourth-order valence-electron chi connectivity index (χ4n) is 7.15. The predicted octanol–water partition coefficient (Wildman–Crippen LogP) is 5.30. The molecule has 0 aromatic rings. The Morgan fingerprint density at radius 2 is 1.70 bits per heavy atom. The van der Waals surface area contributed by atoms with Gasteiger partial charge in [-0.25, -0.2) is 0 Å². The summed E-state index contributed by atoms with van der Waals surface area (Å²) < 4.78 is 17.9. The first-order valence-electron chi connectivity index (χ1n) is 15.2. The fourth-order valence-corrected chi connectivity index (χ4v) is 7.15. The lowest BCUT2D eigenvalue weighted by molar-refractivity contribution is -0.247. The molecule has 1 spiro atoms. The van der Waals surface area contributed by atoms with Crippen LogP contribution in [-0.4, -0.2) is 65.2 Å². The van der Waals surface area contributed by atoms with Gasteiger partial charge in [-0.2, -0.15) is 0 Å². The molecule has 2 bridgehead atoms. The topological polar surface area (TPSA) is 106 Å². The number of epoxide rings is 1. The summed E-state index contributed by atoms with van der Waals surface area (Å²) in [4.78, 5) is 25.7. The molecule has 0 aromatic heterocycles. The van der Waals surface area contributed by atoms with Crippen LogP contribution in [0.1, 0.15) is 91.4 Å². The van der Waals surface area contributed by atoms with E-state index in [1.54, 1.807) is 13.0 Å². The van der Waals surface area contributed by atoms with Crippen molar-refractivity contribution in [1.29, 1.82) is 0 Å². The fraction of sp³-hybridized carbons (Fsp3) is 0.697. The Morgan fingerprint density at radius 3 is 2.40 bits per heavy atom. The molecule has 2 N–H and O–H groups in total. The Morgan fingerprint density at radius 1 is 1.05 bits per heavy atom. The molecule has 1 unspecified atom stereocenters. The molecule has 4 aliphatic rings. The lowest BCUT2D eigenvalue weighted by Crippen LogP contribution is -2.70. The van der Waals surface area contributed by atoms with Gasteiger partial charge in [0.15, 0.2) is 5.78 Å². The molecule has 0 amide bonds. The van der Waals surface area contributed by atoms with Crippen molar-refractivity contribution < 1.29 is 34.0 Å². The number of allylic oxidation sites excluding steroid dienone is 6. The van der Waals surface area contributed by atoms with E-state index in [0.29, 0.717) is 25.0 Å². The molecule has 2 saturated heterocycles. The molecule has 40 heavy (non-hydrogen) atoms. The van der Waals surface area contributed by atoms with E-state index in [0.717, 1.165) is 57.8 Å². The van der Waals surface area contributed by atoms with E-state index in [1.807, 2.05) is 6.92 Å². The highest BCUT2D eigenvalue weighted by atomic mass is 16.6. The second-order valence-electron chi connectivity index (χ2n) is 12.2. The minimum absolute atomic E-state index is 0.148. The van der Waals surface area contributed by atoms with Gasteiger partial charge in [-0.05, 0) is 63.5 Å². The summed E-state index contributed by atoms with van der Waals surface area (Å²) in [6.45, 7) is 5.98. The number of aliphatic hydroxyl groups is 2. The number of ether oxygens (including phenoxy) is 3. The largest absolute Gasteiger partial charge is 0.465 e. The zero-order valence-electron chi connectivity index (χ0n) is 24.5. The van der Waals surface area contributed by atoms with Crippen molar-refractivity contribution in [3.8, 4) is 0 Å². The normalized spacial score (nSPS) is 36.6. The average molecular weight is 557 g/mol. The first kappa shape index (κ1) is 30.9. The summed E-state index contributed by atoms with van der Waals surface area (Å²) >= 11 is 0. The van der Waals surface area contributed by atoms with Crippen LogP contribution in [0.15, 0.2) is 48.1 Å². The van der Waals surface area contributed by atoms with Crippen molar-refractivity contribution >= 4 is 11.8 Å². The van der Waals surface area contributed by atoms with Gasteiger partial charge in [0, 0.05) is 11.8 Å². The number of esters is 1. The monoisotopic (exact) mass is 556 g/mol. The first-order valence-corrected chi connectivity index (χ1v) is 15.2. The van der Waals surface area contributed by atoms with Crippen LogP contribution in [0.4, 0.5) is 0 Å². The summed E-state index contributed by atoms with van der Waals surface area (Å²) in [5.41, 5.74) is -2.34. The van der Waals surface area contributed by atoms with Crippen LogP contribution in [0, 0.1) is 10.8 Å². The Labute approximate surface area is 239 Å². The van der Waals surface area contributed by atoms with Crippen LogP contribution < -0.4 is 0 Å². The van der Waals surface area contributed by atoms with Crippen molar-refractivity contribution in [1.82, 2.24) is 0 Å². The molecule has 0 radical (unpaired) electrons. The Kier molecular flexibility index (Phi) is 10.3. The summed E-state index contributed by atoms with van der Waals surface area (Å²) in [6, 6.07) is 0. The number of Topliss-reactive ketones (excluding diaryl/α,β-unsaturated/α-hetero) is 1. The van der Waals surface area contributed by atoms with Gasteiger partial charge in [0.2, 0.25) is 0 Å². The Hall–Kier alpha value is -2.06.